The fraction of sp³-hybridized carbons (Fsp3) is 0.588. The van der Waals surface area contributed by atoms with Crippen LogP contribution < -0.4 is 15.0 Å². The second-order valence-electron chi connectivity index (χ2n) is 6.23. The summed E-state index contributed by atoms with van der Waals surface area (Å²) in [5.74, 6) is 1.28. The molecule has 0 aromatic heterocycles. The molecule has 0 spiro atoms. The van der Waals surface area contributed by atoms with Gasteiger partial charge in [0.2, 0.25) is 0 Å². The summed E-state index contributed by atoms with van der Waals surface area (Å²) in [6.45, 7) is 7.78. The van der Waals surface area contributed by atoms with Crippen molar-refractivity contribution in [3.8, 4) is 5.75 Å². The van der Waals surface area contributed by atoms with Crippen molar-refractivity contribution in [2.75, 3.05) is 31.1 Å². The average molecular weight is 288 g/mol. The number of ketones is 1. The molecule has 0 bridgehead atoms. The van der Waals surface area contributed by atoms with E-state index in [2.05, 4.69) is 24.1 Å². The number of fused-ring (bicyclic) bond motifs is 1. The van der Waals surface area contributed by atoms with E-state index in [1.54, 1.807) is 0 Å². The highest BCUT2D eigenvalue weighted by atomic mass is 16.5. The van der Waals surface area contributed by atoms with Crippen LogP contribution in [0.4, 0.5) is 5.69 Å². The molecule has 114 valence electrons. The van der Waals surface area contributed by atoms with E-state index in [4.69, 9.17) is 4.74 Å². The monoisotopic (exact) mass is 288 g/mol. The Balaban J connectivity index is 1.87. The van der Waals surface area contributed by atoms with Crippen molar-refractivity contribution in [2.24, 2.45) is 5.92 Å². The number of nitrogens with one attached hydrogen (secondary N) is 1. The molecule has 1 unspecified atom stereocenters. The summed E-state index contributed by atoms with van der Waals surface area (Å²) < 4.78 is 5.72. The number of anilines is 1. The van der Waals surface area contributed by atoms with Crippen molar-refractivity contribution in [3.63, 3.8) is 0 Å². The van der Waals surface area contributed by atoms with Crippen LogP contribution in [-0.2, 0) is 0 Å². The Morgan fingerprint density at radius 2 is 2.29 bits per heavy atom. The second-order valence-corrected chi connectivity index (χ2v) is 6.23. The van der Waals surface area contributed by atoms with Gasteiger partial charge in [-0.2, -0.15) is 0 Å². The van der Waals surface area contributed by atoms with Gasteiger partial charge in [-0.15, -0.1) is 0 Å². The van der Waals surface area contributed by atoms with Crippen molar-refractivity contribution in [1.29, 1.82) is 0 Å². The molecule has 1 saturated heterocycles. The number of nitrogens with zero attached hydrogens (tertiary/aromatic N) is 1. The summed E-state index contributed by atoms with van der Waals surface area (Å²) in [5, 5.41) is 3.32. The smallest absolute Gasteiger partial charge is 0.167 e. The summed E-state index contributed by atoms with van der Waals surface area (Å²) in [6, 6.07) is 6.30. The van der Waals surface area contributed by atoms with Crippen LogP contribution in [0.3, 0.4) is 0 Å². The Morgan fingerprint density at radius 3 is 3.00 bits per heavy atom. The zero-order chi connectivity index (χ0) is 14.8. The first kappa shape index (κ1) is 14.4. The third-order valence-electron chi connectivity index (χ3n) is 4.43. The minimum Gasteiger partial charge on any atom is -0.490 e. The standard InChI is InChI=1S/C17H24N2O2/c1-12(2)19-8-9-21-16-6-5-13(10-15(16)19)17(20)14-4-3-7-18-11-14/h5-6,10,12,14,18H,3-4,7-9,11H2,1-2H3. The van der Waals surface area contributed by atoms with Gasteiger partial charge in [0, 0.05) is 24.1 Å². The van der Waals surface area contributed by atoms with E-state index in [1.807, 2.05) is 18.2 Å². The van der Waals surface area contributed by atoms with Gasteiger partial charge in [-0.3, -0.25) is 4.79 Å². The third kappa shape index (κ3) is 2.91. The Labute approximate surface area is 126 Å². The molecule has 1 fully saturated rings. The normalized spacial score (nSPS) is 21.9. The van der Waals surface area contributed by atoms with Gasteiger partial charge in [-0.05, 0) is 51.4 Å². The molecular formula is C17H24N2O2. The van der Waals surface area contributed by atoms with Crippen molar-refractivity contribution in [2.45, 2.75) is 32.7 Å². The summed E-state index contributed by atoms with van der Waals surface area (Å²) in [7, 11) is 0. The van der Waals surface area contributed by atoms with Gasteiger partial charge >= 0.3 is 0 Å². The van der Waals surface area contributed by atoms with Crippen LogP contribution in [0.15, 0.2) is 18.2 Å². The molecule has 21 heavy (non-hydrogen) atoms. The van der Waals surface area contributed by atoms with E-state index in [1.165, 1.54) is 0 Å². The van der Waals surface area contributed by atoms with Gasteiger partial charge in [-0.25, -0.2) is 0 Å². The van der Waals surface area contributed by atoms with Crippen molar-refractivity contribution >= 4 is 11.5 Å². The minimum atomic E-state index is 0.119. The van der Waals surface area contributed by atoms with Crippen LogP contribution in [0.5, 0.6) is 5.75 Å². The SMILES string of the molecule is CC(C)N1CCOc2ccc(C(=O)C3CCCNC3)cc21. The highest BCUT2D eigenvalue weighted by Crippen LogP contribution is 2.34. The molecule has 1 atom stereocenters. The van der Waals surface area contributed by atoms with Crippen LogP contribution in [0.1, 0.15) is 37.0 Å². The Bertz CT molecular complexity index is 522. The number of Topliss-reactive ketones (excluding diaryl/α,β-unsaturated/α-hetero) is 1. The third-order valence-corrected chi connectivity index (χ3v) is 4.43. The van der Waals surface area contributed by atoms with E-state index in [-0.39, 0.29) is 11.7 Å². The molecule has 1 aromatic rings. The van der Waals surface area contributed by atoms with Crippen LogP contribution in [0.25, 0.3) is 0 Å². The molecule has 2 aliphatic rings. The number of hydrogen-bond donors (Lipinski definition) is 1. The Morgan fingerprint density at radius 1 is 1.43 bits per heavy atom. The lowest BCUT2D eigenvalue weighted by Gasteiger charge is -2.34. The number of ether oxygens (including phenoxy) is 1. The number of carbonyl (C=O) groups excluding carboxylic acids is 1. The molecule has 3 rings (SSSR count). The van der Waals surface area contributed by atoms with Gasteiger partial charge in [0.15, 0.2) is 5.78 Å². The molecule has 0 amide bonds. The maximum Gasteiger partial charge on any atom is 0.167 e. The van der Waals surface area contributed by atoms with Crippen molar-refractivity contribution in [3.05, 3.63) is 23.8 Å². The molecule has 1 aromatic carbocycles. The summed E-state index contributed by atoms with van der Waals surface area (Å²) >= 11 is 0. The molecule has 0 radical (unpaired) electrons. The molecular weight excluding hydrogens is 264 g/mol. The average Bonchev–Trinajstić information content (AvgIpc) is 2.53. The lowest BCUT2D eigenvalue weighted by atomic mass is 9.90. The maximum atomic E-state index is 12.7. The molecule has 4 nitrogen and oxygen atoms in total. The topological polar surface area (TPSA) is 41.6 Å². The van der Waals surface area contributed by atoms with E-state index in [0.717, 1.165) is 49.5 Å². The molecule has 2 heterocycles. The molecule has 2 aliphatic heterocycles. The van der Waals surface area contributed by atoms with E-state index in [0.29, 0.717) is 12.6 Å². The molecule has 0 aliphatic carbocycles. The minimum absolute atomic E-state index is 0.119. The van der Waals surface area contributed by atoms with Gasteiger partial charge in [0.1, 0.15) is 12.4 Å². The van der Waals surface area contributed by atoms with Gasteiger partial charge < -0.3 is 15.0 Å². The first-order chi connectivity index (χ1) is 10.2. The zero-order valence-corrected chi connectivity index (χ0v) is 12.9. The highest BCUT2D eigenvalue weighted by Gasteiger charge is 2.25. The number of piperidine rings is 1. The van der Waals surface area contributed by atoms with E-state index < -0.39 is 0 Å². The maximum absolute atomic E-state index is 12.7. The number of benzene rings is 1. The summed E-state index contributed by atoms with van der Waals surface area (Å²) in [4.78, 5) is 15.0. The largest absolute Gasteiger partial charge is 0.490 e. The second kappa shape index (κ2) is 6.06. The fourth-order valence-electron chi connectivity index (χ4n) is 3.24. The quantitative estimate of drug-likeness (QED) is 0.868. The molecule has 1 N–H and O–H groups in total. The van der Waals surface area contributed by atoms with E-state index >= 15 is 0 Å². The Kier molecular flexibility index (Phi) is 4.15. The van der Waals surface area contributed by atoms with E-state index in [9.17, 15) is 4.79 Å². The van der Waals surface area contributed by atoms with Gasteiger partial charge in [0.25, 0.3) is 0 Å². The zero-order valence-electron chi connectivity index (χ0n) is 12.9. The molecule has 4 heteroatoms. The number of carbonyl (C=O) groups is 1. The summed E-state index contributed by atoms with van der Waals surface area (Å²) in [5.41, 5.74) is 1.88. The predicted octanol–water partition coefficient (Wildman–Crippen LogP) is 2.48. The van der Waals surface area contributed by atoms with Crippen LogP contribution in [-0.4, -0.2) is 38.1 Å². The first-order valence-electron chi connectivity index (χ1n) is 7.95. The lowest BCUT2D eigenvalue weighted by molar-refractivity contribution is 0.0899. The van der Waals surface area contributed by atoms with Gasteiger partial charge in [0.05, 0.1) is 12.2 Å². The van der Waals surface area contributed by atoms with Crippen LogP contribution in [0, 0.1) is 5.92 Å². The van der Waals surface area contributed by atoms with Crippen molar-refractivity contribution in [1.82, 2.24) is 5.32 Å². The fourth-order valence-corrected chi connectivity index (χ4v) is 3.24. The first-order valence-corrected chi connectivity index (χ1v) is 7.95. The van der Waals surface area contributed by atoms with Crippen LogP contribution >= 0.6 is 0 Å². The highest BCUT2D eigenvalue weighted by molar-refractivity contribution is 5.99. The summed E-state index contributed by atoms with van der Waals surface area (Å²) in [6.07, 6.45) is 2.08. The number of hydrogen-bond acceptors (Lipinski definition) is 4. The predicted molar refractivity (Wildman–Crippen MR) is 84.3 cm³/mol. The number of rotatable bonds is 3. The van der Waals surface area contributed by atoms with Crippen LogP contribution in [0.2, 0.25) is 0 Å². The lowest BCUT2D eigenvalue weighted by Crippen LogP contribution is -2.38. The molecule has 0 saturated carbocycles. The van der Waals surface area contributed by atoms with Gasteiger partial charge in [-0.1, -0.05) is 0 Å². The Hall–Kier alpha value is -1.55. The van der Waals surface area contributed by atoms with Crippen molar-refractivity contribution < 1.29 is 9.53 Å².